The van der Waals surface area contributed by atoms with Gasteiger partial charge in [-0.15, -0.1) is 6.58 Å². The van der Waals surface area contributed by atoms with E-state index in [9.17, 15) is 4.79 Å². The van der Waals surface area contributed by atoms with Gasteiger partial charge in [-0.25, -0.2) is 14.8 Å². The van der Waals surface area contributed by atoms with Gasteiger partial charge < -0.3 is 10.5 Å². The van der Waals surface area contributed by atoms with Crippen molar-refractivity contribution in [1.82, 2.24) is 4.98 Å². The smallest absolute Gasteiger partial charge is 0.345 e. The molecule has 0 aliphatic heterocycles. The van der Waals surface area contributed by atoms with Gasteiger partial charge in [-0.05, 0) is 20.6 Å². The number of urea groups is 1. The van der Waals surface area contributed by atoms with E-state index < -0.39 is 6.03 Å². The van der Waals surface area contributed by atoms with Crippen molar-refractivity contribution in [2.45, 2.75) is 13.8 Å². The Bertz CT molecular complexity index is 521. The molecule has 0 aliphatic rings. The third-order valence-electron chi connectivity index (χ3n) is 1.76. The summed E-state index contributed by atoms with van der Waals surface area (Å²) in [7, 11) is 1.36. The molecule has 0 unspecified atom stereocenters. The molecule has 1 rings (SSSR count). The summed E-state index contributed by atoms with van der Waals surface area (Å²) in [6.45, 7) is 10.6. The van der Waals surface area contributed by atoms with Gasteiger partial charge in [-0.2, -0.15) is 0 Å². The van der Waals surface area contributed by atoms with Crippen LogP contribution in [0.25, 0.3) is 0 Å². The van der Waals surface area contributed by atoms with Crippen LogP contribution in [0.3, 0.4) is 0 Å². The number of hydrogen-bond acceptors (Lipinski definition) is 5. The first kappa shape index (κ1) is 17.3. The fourth-order valence-corrected chi connectivity index (χ4v) is 0.988. The van der Waals surface area contributed by atoms with Crippen LogP contribution in [-0.2, 0) is 4.74 Å². The maximum atomic E-state index is 10.9. The lowest BCUT2D eigenvalue weighted by Gasteiger charge is -2.07. The number of aromatic nitrogens is 1. The predicted molar refractivity (Wildman–Crippen MR) is 81.5 cm³/mol. The second-order valence-electron chi connectivity index (χ2n) is 3.99. The highest BCUT2D eigenvalue weighted by molar-refractivity contribution is 5.98. The van der Waals surface area contributed by atoms with E-state index in [-0.39, 0.29) is 17.4 Å². The number of anilines is 2. The lowest BCUT2D eigenvalue weighted by atomic mass is 10.2. The molecule has 1 aromatic rings. The number of ether oxygens (including phenoxy) is 1. The number of aliphatic imine (C=N–C) groups is 1. The minimum atomic E-state index is -0.624. The number of allylic oxidation sites excluding steroid dienone is 1. The van der Waals surface area contributed by atoms with Gasteiger partial charge in [-0.1, -0.05) is 5.57 Å². The van der Waals surface area contributed by atoms with Crippen molar-refractivity contribution in [2.75, 3.05) is 18.2 Å². The van der Waals surface area contributed by atoms with Crippen LogP contribution in [0.2, 0.25) is 0 Å². The van der Waals surface area contributed by atoms with Crippen molar-refractivity contribution in [3.8, 4) is 0 Å². The van der Waals surface area contributed by atoms with E-state index in [4.69, 9.17) is 15.9 Å². The summed E-state index contributed by atoms with van der Waals surface area (Å²) in [5.41, 5.74) is 7.46. The summed E-state index contributed by atoms with van der Waals surface area (Å²) in [5, 5.41) is 9.76. The highest BCUT2D eigenvalue weighted by Gasteiger charge is 2.08. The quantitative estimate of drug-likeness (QED) is 0.437. The van der Waals surface area contributed by atoms with Crippen LogP contribution in [0.15, 0.2) is 29.4 Å². The molecule has 0 atom stereocenters. The molecule has 0 radical (unpaired) electrons. The average molecular weight is 277 g/mol. The number of nitrogen functional groups attached to an aromatic ring is 1. The van der Waals surface area contributed by atoms with Crippen molar-refractivity contribution >= 4 is 30.2 Å². The second kappa shape index (κ2) is 8.41. The topological polar surface area (TPSA) is 113 Å². The van der Waals surface area contributed by atoms with Gasteiger partial charge >= 0.3 is 6.03 Å². The van der Waals surface area contributed by atoms with Gasteiger partial charge in [0.25, 0.3) is 0 Å². The van der Waals surface area contributed by atoms with Crippen LogP contribution in [0.1, 0.15) is 19.4 Å². The highest BCUT2D eigenvalue weighted by Crippen LogP contribution is 2.15. The highest BCUT2D eigenvalue weighted by atomic mass is 16.5. The zero-order chi connectivity index (χ0) is 15.7. The molecule has 0 aliphatic carbocycles. The fourth-order valence-electron chi connectivity index (χ4n) is 0.988. The van der Waals surface area contributed by atoms with Crippen molar-refractivity contribution < 1.29 is 9.53 Å². The number of carbonyl (C=O) groups is 1. The third kappa shape index (κ3) is 6.29. The normalized spacial score (nSPS) is 8.75. The Labute approximate surface area is 118 Å². The Kier molecular flexibility index (Phi) is 7.27. The molecule has 7 heteroatoms. The first-order valence-electron chi connectivity index (χ1n) is 5.60. The molecule has 0 spiro atoms. The Morgan fingerprint density at radius 3 is 2.50 bits per heavy atom. The molecular weight excluding hydrogens is 258 g/mol. The lowest BCUT2D eigenvalue weighted by Crippen LogP contribution is -2.10. The minimum absolute atomic E-state index is 0.0928. The van der Waals surface area contributed by atoms with Gasteiger partial charge in [0.2, 0.25) is 5.90 Å². The Morgan fingerprint density at radius 2 is 2.10 bits per heavy atom. The lowest BCUT2D eigenvalue weighted by molar-refractivity contribution is 0.259. The minimum Gasteiger partial charge on any atom is -0.481 e. The number of nitrogens with two attached hydrogens (primary N) is 1. The van der Waals surface area contributed by atoms with Crippen molar-refractivity contribution in [2.24, 2.45) is 4.99 Å². The van der Waals surface area contributed by atoms with Crippen LogP contribution >= 0.6 is 0 Å². The molecule has 0 saturated carbocycles. The number of amides is 2. The van der Waals surface area contributed by atoms with Crippen LogP contribution in [0, 0.1) is 5.41 Å². The Morgan fingerprint density at radius 1 is 1.55 bits per heavy atom. The standard InChI is InChI=1S/C9H11N5O2.C4H8/c1-12-9(15)14-7-3-6(10)5(4-13-7)8(11)16-2;1-4(2)3/h3-4,11H,1H2,2H3,(H3,10,13,14,15);1H2,2-3H3. The Balaban J connectivity index is 0.000000796. The molecule has 108 valence electrons. The second-order valence-corrected chi connectivity index (χ2v) is 3.99. The molecule has 0 bridgehead atoms. The maximum Gasteiger partial charge on any atom is 0.345 e. The number of hydrogen-bond donors (Lipinski definition) is 3. The van der Waals surface area contributed by atoms with E-state index >= 15 is 0 Å². The van der Waals surface area contributed by atoms with Gasteiger partial charge in [0.1, 0.15) is 5.82 Å². The molecule has 1 aromatic heterocycles. The van der Waals surface area contributed by atoms with Crippen molar-refractivity contribution in [3.63, 3.8) is 0 Å². The summed E-state index contributed by atoms with van der Waals surface area (Å²) in [5.74, 6) is 0.146. The maximum absolute atomic E-state index is 10.9. The number of pyridine rings is 1. The van der Waals surface area contributed by atoms with Gasteiger partial charge in [-0.3, -0.25) is 10.7 Å². The number of carbonyl (C=O) groups excluding carboxylic acids is 1. The van der Waals surface area contributed by atoms with E-state index in [1.807, 2.05) is 13.8 Å². The van der Waals surface area contributed by atoms with E-state index in [0.717, 1.165) is 0 Å². The van der Waals surface area contributed by atoms with Crippen molar-refractivity contribution in [1.29, 1.82) is 5.41 Å². The molecule has 1 heterocycles. The van der Waals surface area contributed by atoms with Gasteiger partial charge in [0, 0.05) is 18.0 Å². The van der Waals surface area contributed by atoms with E-state index in [0.29, 0.717) is 5.56 Å². The predicted octanol–water partition coefficient (Wildman–Crippen LogP) is 2.45. The van der Waals surface area contributed by atoms with Gasteiger partial charge in [0.05, 0.1) is 12.7 Å². The fraction of sp³-hybridized carbons (Fsp3) is 0.231. The summed E-state index contributed by atoms with van der Waals surface area (Å²) in [6.07, 6.45) is 1.33. The SMILES string of the molecule is C=C(C)C.C=NC(=O)Nc1cc(N)c(C(=N)OC)cn1. The molecule has 0 fully saturated rings. The number of nitrogens with zero attached hydrogens (tertiary/aromatic N) is 2. The van der Waals surface area contributed by atoms with E-state index in [2.05, 4.69) is 28.6 Å². The van der Waals surface area contributed by atoms with Crippen LogP contribution < -0.4 is 11.1 Å². The third-order valence-corrected chi connectivity index (χ3v) is 1.76. The first-order valence-corrected chi connectivity index (χ1v) is 5.60. The summed E-state index contributed by atoms with van der Waals surface area (Å²) in [4.78, 5) is 17.9. The summed E-state index contributed by atoms with van der Waals surface area (Å²) >= 11 is 0. The number of nitrogens with one attached hydrogen (secondary N) is 2. The van der Waals surface area contributed by atoms with Crippen LogP contribution in [0.5, 0.6) is 0 Å². The largest absolute Gasteiger partial charge is 0.481 e. The Hall–Kier alpha value is -2.70. The molecule has 20 heavy (non-hydrogen) atoms. The van der Waals surface area contributed by atoms with E-state index in [1.165, 1.54) is 24.9 Å². The molecule has 4 N–H and O–H groups in total. The van der Waals surface area contributed by atoms with Gasteiger partial charge in [0.15, 0.2) is 0 Å². The average Bonchev–Trinajstić information content (AvgIpc) is 2.37. The molecular formula is C13H19N5O2. The number of methoxy groups -OCH3 is 1. The molecule has 2 amide bonds. The van der Waals surface area contributed by atoms with E-state index in [1.54, 1.807) is 0 Å². The van der Waals surface area contributed by atoms with Crippen LogP contribution in [0.4, 0.5) is 16.3 Å². The molecule has 7 nitrogen and oxygen atoms in total. The summed E-state index contributed by atoms with van der Waals surface area (Å²) in [6, 6.07) is 0.785. The summed E-state index contributed by atoms with van der Waals surface area (Å²) < 4.78 is 4.71. The first-order chi connectivity index (χ1) is 9.31. The zero-order valence-electron chi connectivity index (χ0n) is 11.9. The monoisotopic (exact) mass is 277 g/mol. The van der Waals surface area contributed by atoms with Crippen LogP contribution in [-0.4, -0.2) is 30.7 Å². The molecule has 0 aromatic carbocycles. The number of rotatable bonds is 2. The van der Waals surface area contributed by atoms with Crippen molar-refractivity contribution in [3.05, 3.63) is 30.0 Å². The molecule has 0 saturated heterocycles. The zero-order valence-corrected chi connectivity index (χ0v) is 11.9.